The Morgan fingerprint density at radius 3 is 2.79 bits per heavy atom. The number of fused-ring (bicyclic) bond motifs is 1. The maximum Gasteiger partial charge on any atom is 0.224 e. The van der Waals surface area contributed by atoms with Gasteiger partial charge in [-0.3, -0.25) is 4.90 Å². The SMILES string of the molecule is Cc1cnc(CN2CCN(c3ccc4ncnc(OC5CCOC5)c4c3)CC2)o1. The maximum atomic E-state index is 6.10. The lowest BCUT2D eigenvalue weighted by atomic mass is 10.2. The smallest absolute Gasteiger partial charge is 0.224 e. The molecule has 8 nitrogen and oxygen atoms in total. The van der Waals surface area contributed by atoms with Crippen LogP contribution in [-0.4, -0.2) is 65.3 Å². The third-order valence-electron chi connectivity index (χ3n) is 5.51. The van der Waals surface area contributed by atoms with Crippen molar-refractivity contribution in [3.8, 4) is 5.88 Å². The normalized spacial score (nSPS) is 20.4. The highest BCUT2D eigenvalue weighted by Gasteiger charge is 2.21. The molecule has 1 aromatic carbocycles. The van der Waals surface area contributed by atoms with E-state index in [9.17, 15) is 0 Å². The fourth-order valence-electron chi connectivity index (χ4n) is 3.91. The third kappa shape index (κ3) is 4.04. The van der Waals surface area contributed by atoms with E-state index in [1.165, 1.54) is 5.69 Å². The number of piperazine rings is 1. The Hall–Kier alpha value is -2.71. The number of nitrogens with zero attached hydrogens (tertiary/aromatic N) is 5. The van der Waals surface area contributed by atoms with E-state index in [1.54, 1.807) is 12.5 Å². The molecule has 0 bridgehead atoms. The molecule has 152 valence electrons. The van der Waals surface area contributed by atoms with E-state index in [4.69, 9.17) is 13.9 Å². The monoisotopic (exact) mass is 395 g/mol. The summed E-state index contributed by atoms with van der Waals surface area (Å²) in [7, 11) is 0. The Morgan fingerprint density at radius 1 is 1.14 bits per heavy atom. The summed E-state index contributed by atoms with van der Waals surface area (Å²) in [5, 5.41) is 0.953. The Morgan fingerprint density at radius 2 is 2.03 bits per heavy atom. The van der Waals surface area contributed by atoms with Gasteiger partial charge in [0.15, 0.2) is 0 Å². The molecule has 3 aromatic rings. The molecule has 0 N–H and O–H groups in total. The zero-order valence-corrected chi connectivity index (χ0v) is 16.6. The van der Waals surface area contributed by atoms with E-state index >= 15 is 0 Å². The van der Waals surface area contributed by atoms with Crippen LogP contribution in [0.25, 0.3) is 10.9 Å². The Bertz CT molecular complexity index is 977. The van der Waals surface area contributed by atoms with Crippen molar-refractivity contribution in [1.29, 1.82) is 0 Å². The van der Waals surface area contributed by atoms with Gasteiger partial charge >= 0.3 is 0 Å². The van der Waals surface area contributed by atoms with Gasteiger partial charge in [0.1, 0.15) is 18.2 Å². The summed E-state index contributed by atoms with van der Waals surface area (Å²) in [6.45, 7) is 7.88. The molecule has 29 heavy (non-hydrogen) atoms. The first-order valence-electron chi connectivity index (χ1n) is 10.1. The molecular weight excluding hydrogens is 370 g/mol. The topological polar surface area (TPSA) is 76.8 Å². The molecular formula is C21H25N5O3. The van der Waals surface area contributed by atoms with E-state index in [0.29, 0.717) is 12.5 Å². The van der Waals surface area contributed by atoms with Crippen molar-refractivity contribution in [2.45, 2.75) is 26.0 Å². The van der Waals surface area contributed by atoms with Crippen molar-refractivity contribution in [1.82, 2.24) is 19.9 Å². The summed E-state index contributed by atoms with van der Waals surface area (Å²) in [6.07, 6.45) is 4.31. The lowest BCUT2D eigenvalue weighted by Gasteiger charge is -2.35. The van der Waals surface area contributed by atoms with E-state index < -0.39 is 0 Å². The van der Waals surface area contributed by atoms with E-state index in [0.717, 1.165) is 68.3 Å². The first-order chi connectivity index (χ1) is 14.2. The minimum absolute atomic E-state index is 0.0687. The highest BCUT2D eigenvalue weighted by atomic mass is 16.5. The summed E-state index contributed by atoms with van der Waals surface area (Å²) < 4.78 is 17.1. The first-order valence-corrected chi connectivity index (χ1v) is 10.1. The average Bonchev–Trinajstić information content (AvgIpc) is 3.40. The molecule has 2 aromatic heterocycles. The van der Waals surface area contributed by atoms with Crippen LogP contribution in [0.4, 0.5) is 5.69 Å². The van der Waals surface area contributed by atoms with Gasteiger partial charge in [0, 0.05) is 38.3 Å². The van der Waals surface area contributed by atoms with E-state index in [1.807, 2.05) is 13.0 Å². The maximum absolute atomic E-state index is 6.10. The van der Waals surface area contributed by atoms with Crippen molar-refractivity contribution in [2.75, 3.05) is 44.3 Å². The van der Waals surface area contributed by atoms with Gasteiger partial charge in [-0.15, -0.1) is 0 Å². The summed E-state index contributed by atoms with van der Waals surface area (Å²) in [5.41, 5.74) is 2.07. The van der Waals surface area contributed by atoms with Gasteiger partial charge in [-0.05, 0) is 25.1 Å². The van der Waals surface area contributed by atoms with Crippen LogP contribution in [0.3, 0.4) is 0 Å². The second kappa shape index (κ2) is 7.96. The van der Waals surface area contributed by atoms with Crippen LogP contribution in [0, 0.1) is 6.92 Å². The lowest BCUT2D eigenvalue weighted by Crippen LogP contribution is -2.46. The molecule has 2 saturated heterocycles. The van der Waals surface area contributed by atoms with Gasteiger partial charge in [-0.2, -0.15) is 0 Å². The van der Waals surface area contributed by atoms with Crippen molar-refractivity contribution in [3.05, 3.63) is 42.4 Å². The van der Waals surface area contributed by atoms with E-state index in [-0.39, 0.29) is 6.10 Å². The van der Waals surface area contributed by atoms with Gasteiger partial charge in [-0.1, -0.05) is 0 Å². The molecule has 2 fully saturated rings. The summed E-state index contributed by atoms with van der Waals surface area (Å²) in [6, 6.07) is 6.32. The zero-order chi connectivity index (χ0) is 19.6. The number of aryl methyl sites for hydroxylation is 1. The number of rotatable bonds is 5. The minimum Gasteiger partial charge on any atom is -0.471 e. The van der Waals surface area contributed by atoms with Crippen molar-refractivity contribution < 1.29 is 13.9 Å². The van der Waals surface area contributed by atoms with Crippen LogP contribution < -0.4 is 9.64 Å². The zero-order valence-electron chi connectivity index (χ0n) is 16.6. The molecule has 0 aliphatic carbocycles. The van der Waals surface area contributed by atoms with Crippen molar-refractivity contribution in [2.24, 2.45) is 0 Å². The molecule has 0 radical (unpaired) electrons. The fourth-order valence-corrected chi connectivity index (χ4v) is 3.91. The standard InChI is InChI=1S/C21H25N5O3/c1-15-11-22-20(28-15)12-25-5-7-26(8-6-25)16-2-3-19-18(10-16)21(24-14-23-19)29-17-4-9-27-13-17/h2-3,10-11,14,17H,4-9,12-13H2,1H3. The van der Waals surface area contributed by atoms with Crippen LogP contribution in [0.1, 0.15) is 18.1 Å². The van der Waals surface area contributed by atoms with Crippen LogP contribution in [0.2, 0.25) is 0 Å². The van der Waals surface area contributed by atoms with Crippen LogP contribution in [0.5, 0.6) is 5.88 Å². The number of ether oxygens (including phenoxy) is 2. The number of oxazole rings is 1. The predicted octanol–water partition coefficient (Wildman–Crippen LogP) is 2.42. The highest BCUT2D eigenvalue weighted by molar-refractivity contribution is 5.86. The van der Waals surface area contributed by atoms with Crippen LogP contribution in [0.15, 0.2) is 35.1 Å². The van der Waals surface area contributed by atoms with Gasteiger partial charge in [0.25, 0.3) is 0 Å². The number of benzene rings is 1. The molecule has 0 amide bonds. The molecule has 0 spiro atoms. The highest BCUT2D eigenvalue weighted by Crippen LogP contribution is 2.29. The van der Waals surface area contributed by atoms with Gasteiger partial charge in [-0.25, -0.2) is 15.0 Å². The quantitative estimate of drug-likeness (QED) is 0.652. The number of aromatic nitrogens is 3. The largest absolute Gasteiger partial charge is 0.471 e. The second-order valence-corrected chi connectivity index (χ2v) is 7.61. The summed E-state index contributed by atoms with van der Waals surface area (Å²) >= 11 is 0. The van der Waals surface area contributed by atoms with Gasteiger partial charge < -0.3 is 18.8 Å². The summed E-state index contributed by atoms with van der Waals surface area (Å²) in [4.78, 5) is 17.9. The predicted molar refractivity (Wildman–Crippen MR) is 108 cm³/mol. The van der Waals surface area contributed by atoms with Crippen molar-refractivity contribution in [3.63, 3.8) is 0 Å². The fraction of sp³-hybridized carbons (Fsp3) is 0.476. The average molecular weight is 395 g/mol. The summed E-state index contributed by atoms with van der Waals surface area (Å²) in [5.74, 6) is 2.29. The molecule has 5 rings (SSSR count). The van der Waals surface area contributed by atoms with Gasteiger partial charge in [0.2, 0.25) is 11.8 Å². The lowest BCUT2D eigenvalue weighted by molar-refractivity contribution is 0.139. The Kier molecular flexibility index (Phi) is 5.03. The molecule has 2 aliphatic rings. The molecule has 8 heteroatoms. The minimum atomic E-state index is 0.0687. The molecule has 4 heterocycles. The van der Waals surface area contributed by atoms with Crippen LogP contribution >= 0.6 is 0 Å². The third-order valence-corrected chi connectivity index (χ3v) is 5.51. The van der Waals surface area contributed by atoms with Gasteiger partial charge in [0.05, 0.1) is 36.9 Å². The number of hydrogen-bond acceptors (Lipinski definition) is 8. The Balaban J connectivity index is 1.29. The molecule has 1 atom stereocenters. The van der Waals surface area contributed by atoms with Crippen molar-refractivity contribution >= 4 is 16.6 Å². The van der Waals surface area contributed by atoms with Crippen LogP contribution in [-0.2, 0) is 11.3 Å². The van der Waals surface area contributed by atoms with E-state index in [2.05, 4.69) is 36.9 Å². The second-order valence-electron chi connectivity index (χ2n) is 7.61. The molecule has 2 aliphatic heterocycles. The molecule has 1 unspecified atom stereocenters. The Labute approximate surface area is 169 Å². The number of anilines is 1. The number of hydrogen-bond donors (Lipinski definition) is 0. The first kappa shape index (κ1) is 18.3. The molecule has 0 saturated carbocycles.